The predicted octanol–water partition coefficient (Wildman–Crippen LogP) is 2.79. The lowest BCUT2D eigenvalue weighted by Crippen LogP contribution is -2.23. The molecule has 0 bridgehead atoms. The lowest BCUT2D eigenvalue weighted by molar-refractivity contribution is 0.0803. The van der Waals surface area contributed by atoms with Crippen LogP contribution in [0.4, 0.5) is 0 Å². The number of rotatable bonds is 4. The summed E-state index contributed by atoms with van der Waals surface area (Å²) in [4.78, 5) is 0. The van der Waals surface area contributed by atoms with Crippen LogP contribution in [0.15, 0.2) is 22.7 Å². The molecule has 100 valence electrons. The Morgan fingerprint density at radius 2 is 2.33 bits per heavy atom. The first-order valence-corrected chi connectivity index (χ1v) is 7.01. The van der Waals surface area contributed by atoms with Crippen molar-refractivity contribution in [1.82, 2.24) is 0 Å². The standard InChI is InChI=1S/C14H19BrO3/c1-9-5-11(8-18-9)13(16)7-10-6-12(15)3-4-14(10)17-2/h3-4,6,9,11,13,16H,5,7-8H2,1-2H3. The van der Waals surface area contributed by atoms with Gasteiger partial charge in [-0.3, -0.25) is 0 Å². The summed E-state index contributed by atoms with van der Waals surface area (Å²) in [5.41, 5.74) is 1.03. The highest BCUT2D eigenvalue weighted by atomic mass is 79.9. The van der Waals surface area contributed by atoms with Crippen molar-refractivity contribution < 1.29 is 14.6 Å². The highest BCUT2D eigenvalue weighted by Gasteiger charge is 2.28. The fourth-order valence-electron chi connectivity index (χ4n) is 2.42. The van der Waals surface area contributed by atoms with E-state index < -0.39 is 0 Å². The quantitative estimate of drug-likeness (QED) is 0.928. The van der Waals surface area contributed by atoms with Crippen LogP contribution in [-0.2, 0) is 11.2 Å². The van der Waals surface area contributed by atoms with Gasteiger partial charge in [0, 0.05) is 16.8 Å². The Kier molecular flexibility index (Phi) is 4.65. The van der Waals surface area contributed by atoms with Gasteiger partial charge in [-0.1, -0.05) is 15.9 Å². The van der Waals surface area contributed by atoms with Gasteiger partial charge in [0.1, 0.15) is 5.75 Å². The van der Waals surface area contributed by atoms with E-state index >= 15 is 0 Å². The zero-order valence-corrected chi connectivity index (χ0v) is 12.3. The maximum Gasteiger partial charge on any atom is 0.122 e. The predicted molar refractivity (Wildman–Crippen MR) is 73.9 cm³/mol. The number of aliphatic hydroxyl groups excluding tert-OH is 1. The van der Waals surface area contributed by atoms with E-state index in [9.17, 15) is 5.11 Å². The van der Waals surface area contributed by atoms with Gasteiger partial charge in [-0.15, -0.1) is 0 Å². The van der Waals surface area contributed by atoms with Crippen molar-refractivity contribution in [3.63, 3.8) is 0 Å². The molecule has 0 radical (unpaired) electrons. The molecule has 1 aliphatic heterocycles. The van der Waals surface area contributed by atoms with E-state index in [1.54, 1.807) is 7.11 Å². The smallest absolute Gasteiger partial charge is 0.122 e. The molecule has 2 rings (SSSR count). The van der Waals surface area contributed by atoms with Crippen LogP contribution < -0.4 is 4.74 Å². The summed E-state index contributed by atoms with van der Waals surface area (Å²) in [6.45, 7) is 2.70. The molecule has 0 aromatic heterocycles. The summed E-state index contributed by atoms with van der Waals surface area (Å²) in [6.07, 6.45) is 1.41. The Hall–Kier alpha value is -0.580. The topological polar surface area (TPSA) is 38.7 Å². The van der Waals surface area contributed by atoms with Gasteiger partial charge in [-0.25, -0.2) is 0 Å². The van der Waals surface area contributed by atoms with E-state index in [0.717, 1.165) is 22.2 Å². The number of hydrogen-bond acceptors (Lipinski definition) is 3. The summed E-state index contributed by atoms with van der Waals surface area (Å²) in [5.74, 6) is 1.05. The normalized spacial score (nSPS) is 25.1. The SMILES string of the molecule is COc1ccc(Br)cc1CC(O)C1COC(C)C1. The molecule has 3 atom stereocenters. The largest absolute Gasteiger partial charge is 0.496 e. The highest BCUT2D eigenvalue weighted by Crippen LogP contribution is 2.28. The molecular formula is C14H19BrO3. The van der Waals surface area contributed by atoms with E-state index in [4.69, 9.17) is 9.47 Å². The van der Waals surface area contributed by atoms with Crippen LogP contribution in [0.1, 0.15) is 18.9 Å². The van der Waals surface area contributed by atoms with Crippen molar-refractivity contribution in [2.75, 3.05) is 13.7 Å². The molecule has 0 spiro atoms. The number of aliphatic hydroxyl groups is 1. The first-order chi connectivity index (χ1) is 8.60. The third-order valence-electron chi connectivity index (χ3n) is 3.45. The number of benzene rings is 1. The fraction of sp³-hybridized carbons (Fsp3) is 0.571. The first-order valence-electron chi connectivity index (χ1n) is 6.22. The summed E-state index contributed by atoms with van der Waals surface area (Å²) in [5, 5.41) is 10.3. The minimum absolute atomic E-state index is 0.226. The maximum absolute atomic E-state index is 10.3. The molecule has 1 saturated heterocycles. The highest BCUT2D eigenvalue weighted by molar-refractivity contribution is 9.10. The lowest BCUT2D eigenvalue weighted by Gasteiger charge is -2.18. The van der Waals surface area contributed by atoms with E-state index in [2.05, 4.69) is 15.9 Å². The van der Waals surface area contributed by atoms with Crippen LogP contribution in [-0.4, -0.2) is 31.0 Å². The summed E-state index contributed by atoms with van der Waals surface area (Å²) in [7, 11) is 1.65. The Bertz CT molecular complexity index is 408. The molecule has 3 unspecified atom stereocenters. The minimum Gasteiger partial charge on any atom is -0.496 e. The van der Waals surface area contributed by atoms with Crippen molar-refractivity contribution in [1.29, 1.82) is 0 Å². The summed E-state index contributed by atoms with van der Waals surface area (Å²) >= 11 is 3.45. The van der Waals surface area contributed by atoms with Crippen LogP contribution in [0.2, 0.25) is 0 Å². The fourth-order valence-corrected chi connectivity index (χ4v) is 2.83. The molecule has 1 aromatic carbocycles. The molecule has 1 aliphatic rings. The van der Waals surface area contributed by atoms with E-state index in [0.29, 0.717) is 13.0 Å². The second-order valence-electron chi connectivity index (χ2n) is 4.87. The van der Waals surface area contributed by atoms with Crippen LogP contribution >= 0.6 is 15.9 Å². The average Bonchev–Trinajstić information content (AvgIpc) is 2.76. The van der Waals surface area contributed by atoms with Crippen molar-refractivity contribution >= 4 is 15.9 Å². The Labute approximate surface area is 116 Å². The Balaban J connectivity index is 2.06. The third kappa shape index (κ3) is 3.25. The number of halogens is 1. The lowest BCUT2D eigenvalue weighted by atomic mass is 9.94. The molecule has 1 aromatic rings. The van der Waals surface area contributed by atoms with E-state index in [-0.39, 0.29) is 18.1 Å². The Morgan fingerprint density at radius 3 is 2.94 bits per heavy atom. The van der Waals surface area contributed by atoms with Gasteiger partial charge in [0.25, 0.3) is 0 Å². The van der Waals surface area contributed by atoms with Gasteiger partial charge >= 0.3 is 0 Å². The summed E-state index contributed by atoms with van der Waals surface area (Å²) in [6, 6.07) is 5.86. The molecule has 0 aliphatic carbocycles. The molecule has 1 heterocycles. The Morgan fingerprint density at radius 1 is 1.56 bits per heavy atom. The monoisotopic (exact) mass is 314 g/mol. The number of methoxy groups -OCH3 is 1. The molecule has 3 nitrogen and oxygen atoms in total. The number of ether oxygens (including phenoxy) is 2. The molecular weight excluding hydrogens is 296 g/mol. The van der Waals surface area contributed by atoms with Crippen molar-refractivity contribution in [2.45, 2.75) is 32.0 Å². The van der Waals surface area contributed by atoms with Gasteiger partial charge < -0.3 is 14.6 Å². The second-order valence-corrected chi connectivity index (χ2v) is 5.78. The molecule has 1 N–H and O–H groups in total. The maximum atomic E-state index is 10.3. The molecule has 1 fully saturated rings. The van der Waals surface area contributed by atoms with Crippen LogP contribution in [0.25, 0.3) is 0 Å². The van der Waals surface area contributed by atoms with E-state index in [1.165, 1.54) is 0 Å². The second kappa shape index (κ2) is 6.04. The summed E-state index contributed by atoms with van der Waals surface area (Å²) < 4.78 is 11.8. The minimum atomic E-state index is -0.377. The van der Waals surface area contributed by atoms with Crippen LogP contribution in [0, 0.1) is 5.92 Å². The molecule has 18 heavy (non-hydrogen) atoms. The average molecular weight is 315 g/mol. The zero-order chi connectivity index (χ0) is 13.1. The molecule has 4 heteroatoms. The van der Waals surface area contributed by atoms with Gasteiger partial charge in [-0.2, -0.15) is 0 Å². The van der Waals surface area contributed by atoms with Gasteiger partial charge in [0.15, 0.2) is 0 Å². The van der Waals surface area contributed by atoms with Gasteiger partial charge in [-0.05, 0) is 37.1 Å². The van der Waals surface area contributed by atoms with Crippen LogP contribution in [0.3, 0.4) is 0 Å². The van der Waals surface area contributed by atoms with Crippen molar-refractivity contribution in [2.24, 2.45) is 5.92 Å². The number of hydrogen-bond donors (Lipinski definition) is 1. The molecule has 0 saturated carbocycles. The van der Waals surface area contributed by atoms with E-state index in [1.807, 2.05) is 25.1 Å². The van der Waals surface area contributed by atoms with Crippen molar-refractivity contribution in [3.8, 4) is 5.75 Å². The van der Waals surface area contributed by atoms with Crippen molar-refractivity contribution in [3.05, 3.63) is 28.2 Å². The third-order valence-corrected chi connectivity index (χ3v) is 3.94. The zero-order valence-electron chi connectivity index (χ0n) is 10.7. The molecule has 0 amide bonds. The first kappa shape index (κ1) is 13.8. The van der Waals surface area contributed by atoms with Crippen LogP contribution in [0.5, 0.6) is 5.75 Å². The van der Waals surface area contributed by atoms with Gasteiger partial charge in [0.2, 0.25) is 0 Å². The van der Waals surface area contributed by atoms with Gasteiger partial charge in [0.05, 0.1) is 25.9 Å².